The molecule has 0 radical (unpaired) electrons. The van der Waals surface area contributed by atoms with Crippen LogP contribution in [0.15, 0.2) is 11.6 Å². The van der Waals surface area contributed by atoms with Gasteiger partial charge >= 0.3 is 5.97 Å². The number of hydrogen-bond acceptors (Lipinski definition) is 4. The van der Waals surface area contributed by atoms with Crippen molar-refractivity contribution in [2.24, 2.45) is 28.6 Å². The average Bonchev–Trinajstić information content (AvgIpc) is 2.86. The molecular formula is C23H36O5. The van der Waals surface area contributed by atoms with Crippen molar-refractivity contribution in [1.82, 2.24) is 0 Å². The van der Waals surface area contributed by atoms with Crippen LogP contribution in [0.1, 0.15) is 73.6 Å². The van der Waals surface area contributed by atoms with Gasteiger partial charge in [0.05, 0.1) is 17.6 Å². The Morgan fingerprint density at radius 2 is 1.86 bits per heavy atom. The summed E-state index contributed by atoms with van der Waals surface area (Å²) in [4.78, 5) is 12.2. The molecule has 2 saturated carbocycles. The smallest absolute Gasteiger partial charge is 0.309 e. The van der Waals surface area contributed by atoms with Crippen molar-refractivity contribution in [1.29, 1.82) is 0 Å². The molecule has 4 rings (SSSR count). The van der Waals surface area contributed by atoms with E-state index >= 15 is 0 Å². The van der Waals surface area contributed by atoms with Crippen LogP contribution in [0, 0.1) is 28.6 Å². The molecule has 5 nitrogen and oxygen atoms in total. The Morgan fingerprint density at radius 1 is 1.18 bits per heavy atom. The van der Waals surface area contributed by atoms with Crippen LogP contribution in [0.3, 0.4) is 0 Å². The number of aliphatic carboxylic acids is 1. The van der Waals surface area contributed by atoms with Crippen molar-refractivity contribution in [3.05, 3.63) is 11.6 Å². The molecule has 0 bridgehead atoms. The summed E-state index contributed by atoms with van der Waals surface area (Å²) in [5.74, 6) is -1.06. The van der Waals surface area contributed by atoms with Crippen molar-refractivity contribution < 1.29 is 24.5 Å². The first kappa shape index (κ1) is 20.4. The highest BCUT2D eigenvalue weighted by Crippen LogP contribution is 2.65. The number of carboxylic acids is 1. The Hall–Kier alpha value is -0.910. The first-order valence-corrected chi connectivity index (χ1v) is 10.9. The lowest BCUT2D eigenvalue weighted by Crippen LogP contribution is -2.59. The van der Waals surface area contributed by atoms with E-state index in [0.29, 0.717) is 12.8 Å². The zero-order valence-corrected chi connectivity index (χ0v) is 18.1. The number of aliphatic hydroxyl groups is 1. The summed E-state index contributed by atoms with van der Waals surface area (Å²) in [7, 11) is 0. The molecular weight excluding hydrogens is 356 g/mol. The zero-order chi connectivity index (χ0) is 20.7. The SMILES string of the molecule is CC(C)[C@@]12C=C3C(C[C@@H]1OC(C)(C)O2)[C@@]1(C)CCC[C@@](C)(C(=O)O)C1C[C@H]3O. The molecule has 3 fully saturated rings. The lowest BCUT2D eigenvalue weighted by molar-refractivity contribution is -0.169. The van der Waals surface area contributed by atoms with Gasteiger partial charge in [-0.15, -0.1) is 0 Å². The second kappa shape index (κ2) is 6.05. The van der Waals surface area contributed by atoms with Gasteiger partial charge < -0.3 is 19.7 Å². The van der Waals surface area contributed by atoms with Gasteiger partial charge in [-0.1, -0.05) is 27.2 Å². The van der Waals surface area contributed by atoms with E-state index in [2.05, 4.69) is 26.8 Å². The Bertz CT molecular complexity index is 712. The second-order valence-electron chi connectivity index (χ2n) is 10.9. The van der Waals surface area contributed by atoms with Crippen molar-refractivity contribution >= 4 is 5.97 Å². The third kappa shape index (κ3) is 2.58. The Morgan fingerprint density at radius 3 is 2.46 bits per heavy atom. The topological polar surface area (TPSA) is 76.0 Å². The molecule has 1 heterocycles. The van der Waals surface area contributed by atoms with Gasteiger partial charge in [-0.25, -0.2) is 0 Å². The highest BCUT2D eigenvalue weighted by molar-refractivity contribution is 5.75. The molecule has 0 aromatic rings. The van der Waals surface area contributed by atoms with Gasteiger partial charge in [0.25, 0.3) is 0 Å². The van der Waals surface area contributed by atoms with Crippen LogP contribution < -0.4 is 0 Å². The monoisotopic (exact) mass is 392 g/mol. The van der Waals surface area contributed by atoms with E-state index in [1.165, 1.54) is 0 Å². The summed E-state index contributed by atoms with van der Waals surface area (Å²) in [6, 6.07) is 0. The van der Waals surface area contributed by atoms with E-state index in [0.717, 1.165) is 24.8 Å². The Labute approximate surface area is 168 Å². The van der Waals surface area contributed by atoms with Crippen LogP contribution in [0.2, 0.25) is 0 Å². The predicted octanol–water partition coefficient (Wildman–Crippen LogP) is 4.14. The zero-order valence-electron chi connectivity index (χ0n) is 18.1. The number of carboxylic acid groups (broad SMARTS) is 1. The number of aliphatic hydroxyl groups excluding tert-OH is 1. The van der Waals surface area contributed by atoms with E-state index < -0.39 is 28.9 Å². The summed E-state index contributed by atoms with van der Waals surface area (Å²) >= 11 is 0. The average molecular weight is 393 g/mol. The van der Waals surface area contributed by atoms with Gasteiger partial charge in [-0.3, -0.25) is 4.79 Å². The quantitative estimate of drug-likeness (QED) is 0.691. The van der Waals surface area contributed by atoms with Gasteiger partial charge in [0.1, 0.15) is 5.60 Å². The van der Waals surface area contributed by atoms with Crippen LogP contribution in [0.5, 0.6) is 0 Å². The maximum absolute atomic E-state index is 12.2. The minimum Gasteiger partial charge on any atom is -0.481 e. The van der Waals surface area contributed by atoms with E-state index in [9.17, 15) is 15.0 Å². The largest absolute Gasteiger partial charge is 0.481 e. The number of fused-ring (bicyclic) bond motifs is 4. The van der Waals surface area contributed by atoms with Gasteiger partial charge in [0, 0.05) is 0 Å². The van der Waals surface area contributed by atoms with Crippen molar-refractivity contribution in [2.45, 2.75) is 97.2 Å². The Kier molecular flexibility index (Phi) is 4.40. The van der Waals surface area contributed by atoms with Crippen LogP contribution in [0.25, 0.3) is 0 Å². The summed E-state index contributed by atoms with van der Waals surface area (Å²) < 4.78 is 12.8. The van der Waals surface area contributed by atoms with Crippen LogP contribution in [0.4, 0.5) is 0 Å². The van der Waals surface area contributed by atoms with Crippen LogP contribution in [-0.2, 0) is 14.3 Å². The summed E-state index contributed by atoms with van der Waals surface area (Å²) in [5.41, 5.74) is -0.391. The molecule has 0 amide bonds. The molecule has 1 aliphatic heterocycles. The number of rotatable bonds is 2. The fourth-order valence-electron chi connectivity index (χ4n) is 7.13. The maximum atomic E-state index is 12.2. The van der Waals surface area contributed by atoms with Gasteiger partial charge in [-0.05, 0) is 81.3 Å². The molecule has 28 heavy (non-hydrogen) atoms. The molecule has 2 unspecified atom stereocenters. The number of ether oxygens (including phenoxy) is 2. The first-order chi connectivity index (χ1) is 12.9. The van der Waals surface area contributed by atoms with Gasteiger partial charge in [0.15, 0.2) is 5.79 Å². The third-order valence-corrected chi connectivity index (χ3v) is 8.60. The predicted molar refractivity (Wildman–Crippen MR) is 106 cm³/mol. The van der Waals surface area contributed by atoms with E-state index in [4.69, 9.17) is 9.47 Å². The number of carbonyl (C=O) groups is 1. The van der Waals surface area contributed by atoms with Crippen LogP contribution >= 0.6 is 0 Å². The normalized spacial score (nSPS) is 49.8. The fraction of sp³-hybridized carbons (Fsp3) is 0.870. The third-order valence-electron chi connectivity index (χ3n) is 8.60. The lowest BCUT2D eigenvalue weighted by Gasteiger charge is -2.60. The maximum Gasteiger partial charge on any atom is 0.309 e. The first-order valence-electron chi connectivity index (χ1n) is 10.9. The molecule has 1 saturated heterocycles. The molecule has 2 N–H and O–H groups in total. The number of hydrogen-bond donors (Lipinski definition) is 2. The molecule has 158 valence electrons. The molecule has 5 heteroatoms. The van der Waals surface area contributed by atoms with Crippen molar-refractivity contribution in [2.75, 3.05) is 0 Å². The summed E-state index contributed by atoms with van der Waals surface area (Å²) in [6.45, 7) is 12.4. The van der Waals surface area contributed by atoms with E-state index in [1.54, 1.807) is 0 Å². The molecule has 0 aromatic heterocycles. The molecule has 0 aromatic carbocycles. The van der Waals surface area contributed by atoms with E-state index in [-0.39, 0.29) is 29.3 Å². The fourth-order valence-corrected chi connectivity index (χ4v) is 7.13. The minimum atomic E-state index is -0.779. The Balaban J connectivity index is 1.80. The molecule has 7 atom stereocenters. The minimum absolute atomic E-state index is 0.0368. The summed E-state index contributed by atoms with van der Waals surface area (Å²) in [6.07, 6.45) is 5.40. The van der Waals surface area contributed by atoms with Crippen molar-refractivity contribution in [3.63, 3.8) is 0 Å². The van der Waals surface area contributed by atoms with E-state index in [1.807, 2.05) is 20.8 Å². The molecule has 3 aliphatic carbocycles. The molecule has 0 spiro atoms. The highest BCUT2D eigenvalue weighted by Gasteiger charge is 2.64. The molecule has 4 aliphatic rings. The summed E-state index contributed by atoms with van der Waals surface area (Å²) in [5, 5.41) is 21.2. The lowest BCUT2D eigenvalue weighted by atomic mass is 9.44. The van der Waals surface area contributed by atoms with Gasteiger partial charge in [0.2, 0.25) is 0 Å². The van der Waals surface area contributed by atoms with Gasteiger partial charge in [-0.2, -0.15) is 0 Å². The second-order valence-corrected chi connectivity index (χ2v) is 10.9. The van der Waals surface area contributed by atoms with Crippen LogP contribution in [-0.4, -0.2) is 39.8 Å². The van der Waals surface area contributed by atoms with Crippen molar-refractivity contribution in [3.8, 4) is 0 Å². The standard InChI is InChI=1S/C23H36O5/c1-13(2)23-12-14-15(10-18(23)27-20(3,4)28-23)21(5)8-7-9-22(6,19(25)26)17(21)11-16(14)24/h12-13,15-18,24H,7-11H2,1-6H3,(H,25,26)/t15?,16-,17?,18+,21-,22-,23+/m1/s1. The highest BCUT2D eigenvalue weighted by atomic mass is 16.8.